The first-order chi connectivity index (χ1) is 10.4. The van der Waals surface area contributed by atoms with Crippen LogP contribution in [0.5, 0.6) is 0 Å². The lowest BCUT2D eigenvalue weighted by molar-refractivity contribution is -0.120. The van der Waals surface area contributed by atoms with Crippen molar-refractivity contribution in [2.24, 2.45) is 5.92 Å². The smallest absolute Gasteiger partial charge is 0.229 e. The predicted octanol–water partition coefficient (Wildman–Crippen LogP) is 0.873. The summed E-state index contributed by atoms with van der Waals surface area (Å²) in [6, 6.07) is 0. The van der Waals surface area contributed by atoms with E-state index < -0.39 is 10.0 Å². The van der Waals surface area contributed by atoms with Crippen LogP contribution in [0, 0.1) is 18.3 Å². The zero-order valence-electron chi connectivity index (χ0n) is 12.0. The van der Waals surface area contributed by atoms with Crippen LogP contribution in [-0.2, 0) is 14.8 Å². The molecule has 1 aliphatic rings. The van der Waals surface area contributed by atoms with Gasteiger partial charge in [0.25, 0.3) is 0 Å². The Labute approximate surface area is 137 Å². The van der Waals surface area contributed by atoms with Crippen LogP contribution >= 0.6 is 23.1 Å². The Morgan fingerprint density at radius 1 is 1.50 bits per heavy atom. The second-order valence-electron chi connectivity index (χ2n) is 4.79. The first-order valence-electron chi connectivity index (χ1n) is 6.56. The molecule has 1 aromatic rings. The van der Waals surface area contributed by atoms with Gasteiger partial charge in [-0.15, -0.1) is 16.6 Å². The van der Waals surface area contributed by atoms with Crippen molar-refractivity contribution in [1.29, 1.82) is 0 Å². The molecule has 0 bridgehead atoms. The van der Waals surface area contributed by atoms with E-state index in [-0.39, 0.29) is 11.8 Å². The average molecular weight is 360 g/mol. The Morgan fingerprint density at radius 2 is 2.18 bits per heavy atom. The fourth-order valence-electron chi connectivity index (χ4n) is 2.08. The number of aromatic nitrogens is 2. The van der Waals surface area contributed by atoms with Crippen molar-refractivity contribution >= 4 is 44.2 Å². The van der Waals surface area contributed by atoms with Crippen molar-refractivity contribution in [1.82, 2.24) is 14.5 Å². The predicted molar refractivity (Wildman–Crippen MR) is 87.2 cm³/mol. The summed E-state index contributed by atoms with van der Waals surface area (Å²) in [7, 11) is -3.18. The molecule has 1 amide bonds. The Kier molecular flexibility index (Phi) is 5.80. The van der Waals surface area contributed by atoms with Crippen LogP contribution in [-0.4, -0.2) is 53.9 Å². The zero-order chi connectivity index (χ0) is 16.2. The second-order valence-corrected chi connectivity index (χ2v) is 8.97. The Balaban J connectivity index is 1.86. The monoisotopic (exact) mass is 360 g/mol. The molecule has 1 saturated heterocycles. The second kappa shape index (κ2) is 7.41. The van der Waals surface area contributed by atoms with Gasteiger partial charge in [0.2, 0.25) is 21.1 Å². The molecule has 0 saturated carbocycles. The number of piperidine rings is 1. The lowest BCUT2D eigenvalue weighted by Gasteiger charge is -2.29. The highest BCUT2D eigenvalue weighted by molar-refractivity contribution is 8.01. The molecular formula is C12H16N4O3S3. The van der Waals surface area contributed by atoms with Gasteiger partial charge in [-0.1, -0.05) is 29.0 Å². The van der Waals surface area contributed by atoms with Crippen LogP contribution in [0.2, 0.25) is 0 Å². The number of carbonyl (C=O) groups excluding carboxylic acids is 1. The Hall–Kier alpha value is -1.15. The van der Waals surface area contributed by atoms with Crippen molar-refractivity contribution in [3.05, 3.63) is 0 Å². The number of thioether (sulfide) groups is 1. The van der Waals surface area contributed by atoms with E-state index in [4.69, 9.17) is 6.42 Å². The minimum absolute atomic E-state index is 0.141. The molecule has 1 N–H and O–H groups in total. The molecule has 7 nitrogen and oxygen atoms in total. The van der Waals surface area contributed by atoms with Gasteiger partial charge in [-0.25, -0.2) is 12.7 Å². The van der Waals surface area contributed by atoms with Crippen LogP contribution in [0.25, 0.3) is 0 Å². The highest BCUT2D eigenvalue weighted by Gasteiger charge is 2.29. The maximum absolute atomic E-state index is 12.2. The number of hydrogen-bond donors (Lipinski definition) is 1. The molecule has 2 rings (SSSR count). The largest absolute Gasteiger partial charge is 0.300 e. The van der Waals surface area contributed by atoms with Gasteiger partial charge in [-0.05, 0) is 12.8 Å². The highest BCUT2D eigenvalue weighted by atomic mass is 32.2. The number of hydrogen-bond acceptors (Lipinski definition) is 7. The summed E-state index contributed by atoms with van der Waals surface area (Å²) in [5.74, 6) is 2.66. The van der Waals surface area contributed by atoms with Crippen LogP contribution < -0.4 is 5.32 Å². The van der Waals surface area contributed by atoms with E-state index in [1.54, 1.807) is 0 Å². The van der Waals surface area contributed by atoms with E-state index in [9.17, 15) is 13.2 Å². The van der Waals surface area contributed by atoms with E-state index >= 15 is 0 Å². The fraction of sp³-hybridized carbons (Fsp3) is 0.583. The van der Waals surface area contributed by atoms with Gasteiger partial charge < -0.3 is 5.32 Å². The molecule has 0 spiro atoms. The lowest BCUT2D eigenvalue weighted by Crippen LogP contribution is -2.40. The summed E-state index contributed by atoms with van der Waals surface area (Å²) in [4.78, 5) is 12.2. The van der Waals surface area contributed by atoms with Crippen molar-refractivity contribution in [3.63, 3.8) is 0 Å². The molecule has 22 heavy (non-hydrogen) atoms. The van der Waals surface area contributed by atoms with Crippen LogP contribution in [0.4, 0.5) is 5.13 Å². The number of rotatable bonds is 5. The summed E-state index contributed by atoms with van der Waals surface area (Å²) in [6.45, 7) is 0.743. The van der Waals surface area contributed by atoms with E-state index in [0.717, 1.165) is 0 Å². The molecule has 0 unspecified atom stereocenters. The number of amides is 1. The molecule has 0 aromatic carbocycles. The normalized spacial score (nSPS) is 17.1. The van der Waals surface area contributed by atoms with Crippen molar-refractivity contribution < 1.29 is 13.2 Å². The van der Waals surface area contributed by atoms with Crippen molar-refractivity contribution in [3.8, 4) is 12.3 Å². The number of sulfonamides is 1. The third-order valence-electron chi connectivity index (χ3n) is 3.21. The molecule has 1 aromatic heterocycles. The molecule has 0 radical (unpaired) electrons. The third-order valence-corrected chi connectivity index (χ3v) is 6.39. The zero-order valence-corrected chi connectivity index (χ0v) is 14.4. The van der Waals surface area contributed by atoms with Gasteiger partial charge in [0.1, 0.15) is 0 Å². The first-order valence-corrected chi connectivity index (χ1v) is 10.2. The minimum atomic E-state index is -3.18. The number of terminal acetylenes is 1. The van der Waals surface area contributed by atoms with Gasteiger partial charge in [-0.3, -0.25) is 4.79 Å². The Morgan fingerprint density at radius 3 is 2.77 bits per heavy atom. The molecule has 1 aliphatic heterocycles. The number of anilines is 1. The van der Waals surface area contributed by atoms with Crippen LogP contribution in [0.3, 0.4) is 0 Å². The van der Waals surface area contributed by atoms with Gasteiger partial charge in [0, 0.05) is 19.0 Å². The van der Waals surface area contributed by atoms with Gasteiger partial charge >= 0.3 is 0 Å². The van der Waals surface area contributed by atoms with Gasteiger partial charge in [-0.2, -0.15) is 0 Å². The number of nitrogens with zero attached hydrogens (tertiary/aromatic N) is 3. The fourth-order valence-corrected chi connectivity index (χ4v) is 4.39. The van der Waals surface area contributed by atoms with Crippen LogP contribution in [0.1, 0.15) is 12.8 Å². The summed E-state index contributed by atoms with van der Waals surface area (Å²) < 4.78 is 25.0. The minimum Gasteiger partial charge on any atom is -0.300 e. The van der Waals surface area contributed by atoms with Crippen LogP contribution in [0.15, 0.2) is 4.34 Å². The average Bonchev–Trinajstić information content (AvgIpc) is 2.92. The maximum atomic E-state index is 12.2. The molecule has 10 heteroatoms. The molecule has 2 heterocycles. The van der Waals surface area contributed by atoms with E-state index in [2.05, 4.69) is 21.4 Å². The van der Waals surface area contributed by atoms with E-state index in [1.807, 2.05) is 0 Å². The standard InChI is InChI=1S/C12H16N4O3S3/c1-3-8-20-12-15-14-11(21-12)13-10(17)9-4-6-16(7-5-9)22(2,18)19/h1,9H,4-8H2,2H3,(H,13,14,17). The lowest BCUT2D eigenvalue weighted by atomic mass is 9.97. The van der Waals surface area contributed by atoms with Gasteiger partial charge in [0.05, 0.1) is 12.0 Å². The van der Waals surface area contributed by atoms with Crippen molar-refractivity contribution in [2.45, 2.75) is 17.2 Å². The van der Waals surface area contributed by atoms with Gasteiger partial charge in [0.15, 0.2) is 4.34 Å². The topological polar surface area (TPSA) is 92.3 Å². The summed E-state index contributed by atoms with van der Waals surface area (Å²) >= 11 is 2.67. The molecule has 0 aliphatic carbocycles. The maximum Gasteiger partial charge on any atom is 0.229 e. The van der Waals surface area contributed by atoms with E-state index in [0.29, 0.717) is 41.2 Å². The quantitative estimate of drug-likeness (QED) is 0.476. The van der Waals surface area contributed by atoms with Crippen molar-refractivity contribution in [2.75, 3.05) is 30.4 Å². The SMILES string of the molecule is C#CCSc1nnc(NC(=O)C2CCN(S(C)(=O)=O)CC2)s1. The van der Waals surface area contributed by atoms with E-state index in [1.165, 1.54) is 33.7 Å². The molecule has 120 valence electrons. The highest BCUT2D eigenvalue weighted by Crippen LogP contribution is 2.26. The third kappa shape index (κ3) is 4.67. The number of nitrogens with one attached hydrogen (secondary N) is 1. The summed E-state index contributed by atoms with van der Waals surface area (Å²) in [5.41, 5.74) is 0. The summed E-state index contributed by atoms with van der Waals surface area (Å²) in [5, 5.41) is 11.0. The molecular weight excluding hydrogens is 344 g/mol. The molecule has 0 atom stereocenters. The number of carbonyl (C=O) groups is 1. The summed E-state index contributed by atoms with van der Waals surface area (Å²) in [6.07, 6.45) is 7.38. The Bertz CT molecular complexity index is 672. The first kappa shape index (κ1) is 17.2. The molecule has 1 fully saturated rings.